The lowest BCUT2D eigenvalue weighted by Crippen LogP contribution is -2.02. The Labute approximate surface area is 126 Å². The molecule has 0 radical (unpaired) electrons. The number of unbranched alkanes of at least 4 members (excludes halogenated alkanes) is 2. The Kier molecular flexibility index (Phi) is 7.72. The molecule has 1 rings (SSSR count). The lowest BCUT2D eigenvalue weighted by Gasteiger charge is -2.07. The normalized spacial score (nSPS) is 10.4. The highest BCUT2D eigenvalue weighted by molar-refractivity contribution is 5.87. The van der Waals surface area contributed by atoms with Crippen molar-refractivity contribution in [1.29, 1.82) is 0 Å². The van der Waals surface area contributed by atoms with Gasteiger partial charge in [0.15, 0.2) is 11.5 Å². The summed E-state index contributed by atoms with van der Waals surface area (Å²) in [6, 6.07) is 5.43. The topological polar surface area (TPSA) is 44.8 Å². The van der Waals surface area contributed by atoms with Gasteiger partial charge in [-0.2, -0.15) is 0 Å². The first-order valence-electron chi connectivity index (χ1n) is 6.89. The zero-order valence-corrected chi connectivity index (χ0v) is 12.6. The average Bonchev–Trinajstić information content (AvgIpc) is 2.52. The lowest BCUT2D eigenvalue weighted by molar-refractivity contribution is -0.137. The Morgan fingerprint density at radius 2 is 1.95 bits per heavy atom. The summed E-state index contributed by atoms with van der Waals surface area (Å²) in [4.78, 5) is 11.5. The zero-order valence-electron chi connectivity index (χ0n) is 12.6. The fraction of sp³-hybridized carbons (Fsp3) is 0.353. The molecular formula is C17H22O4. The van der Waals surface area contributed by atoms with E-state index in [-0.39, 0.29) is 5.97 Å². The third-order valence-electron chi connectivity index (χ3n) is 2.87. The van der Waals surface area contributed by atoms with Gasteiger partial charge in [-0.3, -0.25) is 0 Å². The second-order valence-electron chi connectivity index (χ2n) is 4.40. The van der Waals surface area contributed by atoms with E-state index in [9.17, 15) is 4.79 Å². The Bertz CT molecular complexity index is 492. The van der Waals surface area contributed by atoms with Crippen LogP contribution in [0, 0.1) is 0 Å². The number of benzene rings is 1. The van der Waals surface area contributed by atoms with Crippen LogP contribution in [0.3, 0.4) is 0 Å². The van der Waals surface area contributed by atoms with Crippen molar-refractivity contribution < 1.29 is 19.0 Å². The van der Waals surface area contributed by atoms with Crippen LogP contribution in [0.4, 0.5) is 0 Å². The minimum absolute atomic E-state index is 0.344. The number of methoxy groups -OCH3 is 2. The molecule has 0 atom stereocenters. The maximum atomic E-state index is 11.5. The van der Waals surface area contributed by atoms with Gasteiger partial charge in [0.05, 0.1) is 20.8 Å². The van der Waals surface area contributed by atoms with Gasteiger partial charge in [-0.15, -0.1) is 6.58 Å². The Morgan fingerprint density at radius 1 is 1.19 bits per heavy atom. The van der Waals surface area contributed by atoms with Gasteiger partial charge in [-0.05, 0) is 43.0 Å². The van der Waals surface area contributed by atoms with E-state index in [0.29, 0.717) is 18.1 Å². The Balaban J connectivity index is 2.48. The van der Waals surface area contributed by atoms with Gasteiger partial charge in [0.25, 0.3) is 0 Å². The molecule has 0 bridgehead atoms. The van der Waals surface area contributed by atoms with Crippen LogP contribution in [-0.4, -0.2) is 26.8 Å². The van der Waals surface area contributed by atoms with Crippen LogP contribution in [-0.2, 0) is 9.53 Å². The number of carbonyl (C=O) groups is 1. The Hall–Kier alpha value is -2.23. The van der Waals surface area contributed by atoms with Crippen molar-refractivity contribution in [3.8, 4) is 11.5 Å². The predicted molar refractivity (Wildman–Crippen MR) is 83.6 cm³/mol. The summed E-state index contributed by atoms with van der Waals surface area (Å²) in [7, 11) is 3.15. The summed E-state index contributed by atoms with van der Waals surface area (Å²) in [5.74, 6) is 0.931. The van der Waals surface area contributed by atoms with E-state index < -0.39 is 0 Å². The number of hydrogen-bond donors (Lipinski definition) is 0. The van der Waals surface area contributed by atoms with Gasteiger partial charge in [0, 0.05) is 6.08 Å². The van der Waals surface area contributed by atoms with Crippen LogP contribution < -0.4 is 9.47 Å². The molecule has 114 valence electrons. The molecule has 0 aliphatic heterocycles. The van der Waals surface area contributed by atoms with Gasteiger partial charge >= 0.3 is 5.97 Å². The standard InChI is InChI=1S/C17H22O4/c1-4-5-6-7-12-21-17(18)11-9-14-8-10-15(19-2)16(13-14)20-3/h4,8-11,13H,1,5-7,12H2,2-3H3. The highest BCUT2D eigenvalue weighted by Crippen LogP contribution is 2.27. The largest absolute Gasteiger partial charge is 0.493 e. The van der Waals surface area contributed by atoms with E-state index in [1.807, 2.05) is 12.1 Å². The molecule has 0 aliphatic carbocycles. The van der Waals surface area contributed by atoms with Crippen LogP contribution in [0.15, 0.2) is 36.9 Å². The molecule has 0 spiro atoms. The maximum Gasteiger partial charge on any atom is 0.330 e. The molecule has 4 heteroatoms. The number of ether oxygens (including phenoxy) is 3. The van der Waals surface area contributed by atoms with E-state index in [2.05, 4.69) is 6.58 Å². The molecule has 0 aromatic heterocycles. The lowest BCUT2D eigenvalue weighted by atomic mass is 10.2. The molecular weight excluding hydrogens is 268 g/mol. The van der Waals surface area contributed by atoms with Crippen molar-refractivity contribution in [3.63, 3.8) is 0 Å². The molecule has 0 fully saturated rings. The number of rotatable bonds is 9. The van der Waals surface area contributed by atoms with Crippen molar-refractivity contribution in [1.82, 2.24) is 0 Å². The van der Waals surface area contributed by atoms with Crippen LogP contribution in [0.1, 0.15) is 24.8 Å². The monoisotopic (exact) mass is 290 g/mol. The summed E-state index contributed by atoms with van der Waals surface area (Å²) in [6.07, 6.45) is 7.73. The molecule has 0 aliphatic rings. The summed E-state index contributed by atoms with van der Waals surface area (Å²) in [5.41, 5.74) is 0.844. The van der Waals surface area contributed by atoms with Crippen molar-refractivity contribution >= 4 is 12.0 Å². The molecule has 0 amide bonds. The van der Waals surface area contributed by atoms with Gasteiger partial charge in [-0.25, -0.2) is 4.79 Å². The number of esters is 1. The van der Waals surface area contributed by atoms with E-state index in [0.717, 1.165) is 24.8 Å². The predicted octanol–water partition coefficient (Wildman–Crippen LogP) is 3.62. The Morgan fingerprint density at radius 3 is 2.62 bits per heavy atom. The molecule has 1 aromatic carbocycles. The molecule has 0 N–H and O–H groups in total. The van der Waals surface area contributed by atoms with Crippen LogP contribution in [0.2, 0.25) is 0 Å². The average molecular weight is 290 g/mol. The van der Waals surface area contributed by atoms with E-state index in [1.54, 1.807) is 32.4 Å². The fourth-order valence-electron chi connectivity index (χ4n) is 1.73. The summed E-state index contributed by atoms with van der Waals surface area (Å²) in [5, 5.41) is 0. The smallest absolute Gasteiger partial charge is 0.330 e. The molecule has 1 aromatic rings. The first kappa shape index (κ1) is 16.8. The fourth-order valence-corrected chi connectivity index (χ4v) is 1.73. The van der Waals surface area contributed by atoms with Crippen molar-refractivity contribution in [3.05, 3.63) is 42.5 Å². The van der Waals surface area contributed by atoms with Gasteiger partial charge in [0.2, 0.25) is 0 Å². The summed E-state index contributed by atoms with van der Waals surface area (Å²) >= 11 is 0. The third kappa shape index (κ3) is 6.17. The van der Waals surface area contributed by atoms with Gasteiger partial charge in [0.1, 0.15) is 0 Å². The number of hydrogen-bond acceptors (Lipinski definition) is 4. The second kappa shape index (κ2) is 9.64. The quantitative estimate of drug-likeness (QED) is 0.301. The minimum atomic E-state index is -0.344. The van der Waals surface area contributed by atoms with Gasteiger partial charge < -0.3 is 14.2 Å². The minimum Gasteiger partial charge on any atom is -0.493 e. The summed E-state index contributed by atoms with van der Waals surface area (Å²) in [6.45, 7) is 4.08. The SMILES string of the molecule is C=CCCCCOC(=O)C=Cc1ccc(OC)c(OC)c1. The zero-order chi connectivity index (χ0) is 15.5. The molecule has 0 heterocycles. The van der Waals surface area contributed by atoms with Crippen molar-refractivity contribution in [2.24, 2.45) is 0 Å². The van der Waals surface area contributed by atoms with Crippen molar-refractivity contribution in [2.75, 3.05) is 20.8 Å². The highest BCUT2D eigenvalue weighted by Gasteiger charge is 2.03. The molecule has 0 saturated heterocycles. The number of carbonyl (C=O) groups excluding carboxylic acids is 1. The van der Waals surface area contributed by atoms with Crippen molar-refractivity contribution in [2.45, 2.75) is 19.3 Å². The molecule has 0 unspecified atom stereocenters. The number of allylic oxidation sites excluding steroid dienone is 1. The van der Waals surface area contributed by atoms with Gasteiger partial charge in [-0.1, -0.05) is 12.1 Å². The van der Waals surface area contributed by atoms with E-state index in [1.165, 1.54) is 6.08 Å². The van der Waals surface area contributed by atoms with E-state index >= 15 is 0 Å². The maximum absolute atomic E-state index is 11.5. The molecule has 21 heavy (non-hydrogen) atoms. The molecule has 0 saturated carbocycles. The van der Waals surface area contributed by atoms with Crippen LogP contribution >= 0.6 is 0 Å². The summed E-state index contributed by atoms with van der Waals surface area (Å²) < 4.78 is 15.5. The first-order valence-corrected chi connectivity index (χ1v) is 6.89. The van der Waals surface area contributed by atoms with E-state index in [4.69, 9.17) is 14.2 Å². The highest BCUT2D eigenvalue weighted by atomic mass is 16.5. The molecule has 4 nitrogen and oxygen atoms in total. The third-order valence-corrected chi connectivity index (χ3v) is 2.87. The van der Waals surface area contributed by atoms with Crippen LogP contribution in [0.5, 0.6) is 11.5 Å². The van der Waals surface area contributed by atoms with Crippen LogP contribution in [0.25, 0.3) is 6.08 Å². The first-order chi connectivity index (χ1) is 10.2. The second-order valence-corrected chi connectivity index (χ2v) is 4.40.